The Morgan fingerprint density at radius 1 is 1.30 bits per heavy atom. The van der Waals surface area contributed by atoms with Gasteiger partial charge in [-0.25, -0.2) is 4.68 Å². The van der Waals surface area contributed by atoms with Crippen molar-refractivity contribution in [3.63, 3.8) is 0 Å². The summed E-state index contributed by atoms with van der Waals surface area (Å²) in [6.07, 6.45) is 4.17. The van der Waals surface area contributed by atoms with Gasteiger partial charge >= 0.3 is 0 Å². The van der Waals surface area contributed by atoms with Crippen LogP contribution in [0, 0.1) is 0 Å². The van der Waals surface area contributed by atoms with Crippen LogP contribution in [0.4, 0.5) is 0 Å². The summed E-state index contributed by atoms with van der Waals surface area (Å²) in [6, 6.07) is 12.1. The zero-order chi connectivity index (χ0) is 18.0. The van der Waals surface area contributed by atoms with Crippen LogP contribution in [0.2, 0.25) is 0 Å². The van der Waals surface area contributed by atoms with Crippen LogP contribution in [0.3, 0.4) is 0 Å². The number of halogens is 1. The highest BCUT2D eigenvalue weighted by atomic mass is 127. The number of hydrogen-bond donors (Lipinski definition) is 2. The first-order valence-electron chi connectivity index (χ1n) is 9.09. The fourth-order valence-corrected chi connectivity index (χ4v) is 2.75. The molecule has 0 saturated carbocycles. The fraction of sp³-hybridized carbons (Fsp3) is 0.474. The molecule has 7 nitrogen and oxygen atoms in total. The van der Waals surface area contributed by atoms with Crippen molar-refractivity contribution in [3.05, 3.63) is 48.3 Å². The molecule has 0 bridgehead atoms. The van der Waals surface area contributed by atoms with E-state index in [0.717, 1.165) is 56.5 Å². The van der Waals surface area contributed by atoms with Gasteiger partial charge in [0.15, 0.2) is 5.96 Å². The zero-order valence-corrected chi connectivity index (χ0v) is 18.0. The number of rotatable bonds is 8. The summed E-state index contributed by atoms with van der Waals surface area (Å²) in [4.78, 5) is 4.24. The molecule has 0 spiro atoms. The lowest BCUT2D eigenvalue weighted by Gasteiger charge is -2.12. The largest absolute Gasteiger partial charge is 0.379 e. The topological polar surface area (TPSA) is 72.7 Å². The number of ether oxygens (including phenoxy) is 2. The molecular weight excluding hydrogens is 457 g/mol. The molecule has 0 radical (unpaired) electrons. The van der Waals surface area contributed by atoms with Crippen molar-refractivity contribution in [1.82, 2.24) is 20.4 Å². The van der Waals surface area contributed by atoms with Gasteiger partial charge in [0.2, 0.25) is 0 Å². The molecular formula is C19H28IN5O2. The monoisotopic (exact) mass is 485 g/mol. The maximum absolute atomic E-state index is 5.75. The standard InChI is InChI=1S/C19H27N5O2.HI/c1-20-19(21-10-5-12-26-18-9-13-25-15-18)22-14-16-8-11-24(23-16)17-6-3-2-4-7-17;/h2-4,6-8,11,18H,5,9-10,12-15H2,1H3,(H2,20,21,22);1H. The van der Waals surface area contributed by atoms with Crippen molar-refractivity contribution in [2.24, 2.45) is 4.99 Å². The Balaban J connectivity index is 0.00000261. The lowest BCUT2D eigenvalue weighted by molar-refractivity contribution is 0.0420. The van der Waals surface area contributed by atoms with E-state index in [1.165, 1.54) is 0 Å². The lowest BCUT2D eigenvalue weighted by atomic mass is 10.3. The number of benzene rings is 1. The second-order valence-electron chi connectivity index (χ2n) is 6.15. The number of nitrogens with one attached hydrogen (secondary N) is 2. The molecule has 3 rings (SSSR count). The van der Waals surface area contributed by atoms with Crippen molar-refractivity contribution in [2.75, 3.05) is 33.4 Å². The van der Waals surface area contributed by atoms with Crippen LogP contribution in [0.5, 0.6) is 0 Å². The summed E-state index contributed by atoms with van der Waals surface area (Å²) in [5.41, 5.74) is 2.01. The maximum atomic E-state index is 5.75. The third-order valence-corrected chi connectivity index (χ3v) is 4.18. The fourth-order valence-electron chi connectivity index (χ4n) is 2.75. The first-order valence-corrected chi connectivity index (χ1v) is 9.09. The molecule has 1 unspecified atom stereocenters. The molecule has 0 aliphatic carbocycles. The van der Waals surface area contributed by atoms with Crippen molar-refractivity contribution in [1.29, 1.82) is 0 Å². The van der Waals surface area contributed by atoms with E-state index in [-0.39, 0.29) is 30.1 Å². The Bertz CT molecular complexity index is 686. The Kier molecular flexibility index (Phi) is 9.57. The van der Waals surface area contributed by atoms with Gasteiger partial charge in [-0.3, -0.25) is 4.99 Å². The van der Waals surface area contributed by atoms with Crippen LogP contribution in [-0.2, 0) is 16.0 Å². The Morgan fingerprint density at radius 2 is 2.15 bits per heavy atom. The minimum Gasteiger partial charge on any atom is -0.379 e. The zero-order valence-electron chi connectivity index (χ0n) is 15.6. The van der Waals surface area contributed by atoms with Gasteiger partial charge in [-0.15, -0.1) is 24.0 Å². The quantitative estimate of drug-likeness (QED) is 0.260. The number of para-hydroxylation sites is 1. The lowest BCUT2D eigenvalue weighted by Crippen LogP contribution is -2.37. The second kappa shape index (κ2) is 11.9. The minimum atomic E-state index is 0. The van der Waals surface area contributed by atoms with E-state index < -0.39 is 0 Å². The molecule has 1 aliphatic heterocycles. The van der Waals surface area contributed by atoms with E-state index in [0.29, 0.717) is 6.54 Å². The smallest absolute Gasteiger partial charge is 0.191 e. The third kappa shape index (κ3) is 7.11. The predicted molar refractivity (Wildman–Crippen MR) is 117 cm³/mol. The van der Waals surface area contributed by atoms with Crippen LogP contribution >= 0.6 is 24.0 Å². The molecule has 1 fully saturated rings. The summed E-state index contributed by atoms with van der Waals surface area (Å²) in [6.45, 7) is 3.71. The molecule has 1 atom stereocenters. The molecule has 8 heteroatoms. The molecule has 1 aromatic carbocycles. The minimum absolute atomic E-state index is 0. The van der Waals surface area contributed by atoms with Crippen molar-refractivity contribution in [2.45, 2.75) is 25.5 Å². The number of nitrogens with zero attached hydrogens (tertiary/aromatic N) is 3. The van der Waals surface area contributed by atoms with Crippen LogP contribution in [0.15, 0.2) is 47.6 Å². The normalized spacial score (nSPS) is 16.8. The third-order valence-electron chi connectivity index (χ3n) is 4.18. The Morgan fingerprint density at radius 3 is 2.89 bits per heavy atom. The summed E-state index contributed by atoms with van der Waals surface area (Å²) < 4.78 is 12.9. The van der Waals surface area contributed by atoms with Gasteiger partial charge in [0.1, 0.15) is 0 Å². The van der Waals surface area contributed by atoms with Crippen LogP contribution in [-0.4, -0.2) is 55.3 Å². The molecule has 1 aliphatic rings. The van der Waals surface area contributed by atoms with E-state index in [1.54, 1.807) is 7.05 Å². The molecule has 2 aromatic rings. The highest BCUT2D eigenvalue weighted by Gasteiger charge is 2.15. The average molecular weight is 485 g/mol. The predicted octanol–water partition coefficient (Wildman–Crippen LogP) is 2.35. The van der Waals surface area contributed by atoms with E-state index in [1.807, 2.05) is 47.3 Å². The number of aliphatic imine (C=N–C) groups is 1. The second-order valence-corrected chi connectivity index (χ2v) is 6.15. The molecule has 2 heterocycles. The Labute approximate surface area is 177 Å². The van der Waals surface area contributed by atoms with E-state index in [4.69, 9.17) is 9.47 Å². The summed E-state index contributed by atoms with van der Waals surface area (Å²) >= 11 is 0. The van der Waals surface area contributed by atoms with E-state index in [9.17, 15) is 0 Å². The highest BCUT2D eigenvalue weighted by Crippen LogP contribution is 2.08. The maximum Gasteiger partial charge on any atom is 0.191 e. The van der Waals surface area contributed by atoms with Crippen LogP contribution in [0.25, 0.3) is 5.69 Å². The molecule has 0 amide bonds. The van der Waals surface area contributed by atoms with Crippen molar-refractivity contribution < 1.29 is 9.47 Å². The van der Waals surface area contributed by atoms with E-state index in [2.05, 4.69) is 20.7 Å². The van der Waals surface area contributed by atoms with Gasteiger partial charge in [-0.05, 0) is 31.0 Å². The van der Waals surface area contributed by atoms with Gasteiger partial charge in [0, 0.05) is 33.0 Å². The van der Waals surface area contributed by atoms with Gasteiger partial charge in [-0.2, -0.15) is 5.10 Å². The molecule has 1 aromatic heterocycles. The summed E-state index contributed by atoms with van der Waals surface area (Å²) in [5, 5.41) is 11.2. The SMILES string of the molecule is CN=C(NCCCOC1CCOC1)NCc1ccn(-c2ccccc2)n1.I. The first-order chi connectivity index (χ1) is 12.8. The van der Waals surface area contributed by atoms with Gasteiger partial charge < -0.3 is 20.1 Å². The Hall–Kier alpha value is -1.65. The molecule has 27 heavy (non-hydrogen) atoms. The number of guanidine groups is 1. The first kappa shape index (κ1) is 21.6. The van der Waals surface area contributed by atoms with Gasteiger partial charge in [0.05, 0.1) is 30.6 Å². The highest BCUT2D eigenvalue weighted by molar-refractivity contribution is 14.0. The molecule has 148 valence electrons. The van der Waals surface area contributed by atoms with E-state index >= 15 is 0 Å². The molecule has 2 N–H and O–H groups in total. The van der Waals surface area contributed by atoms with Crippen LogP contribution in [0.1, 0.15) is 18.5 Å². The van der Waals surface area contributed by atoms with Gasteiger partial charge in [0.25, 0.3) is 0 Å². The summed E-state index contributed by atoms with van der Waals surface area (Å²) in [5.74, 6) is 0.767. The van der Waals surface area contributed by atoms with Gasteiger partial charge in [-0.1, -0.05) is 18.2 Å². The van der Waals surface area contributed by atoms with Crippen molar-refractivity contribution >= 4 is 29.9 Å². The average Bonchev–Trinajstić information content (AvgIpc) is 3.36. The number of hydrogen-bond acceptors (Lipinski definition) is 4. The summed E-state index contributed by atoms with van der Waals surface area (Å²) in [7, 11) is 1.77. The van der Waals surface area contributed by atoms with Crippen LogP contribution < -0.4 is 10.6 Å². The van der Waals surface area contributed by atoms with Crippen molar-refractivity contribution in [3.8, 4) is 5.69 Å². The molecule has 1 saturated heterocycles. The number of aromatic nitrogens is 2.